The number of aliphatic imine (C=N–C) groups is 1. The van der Waals surface area contributed by atoms with Crippen molar-refractivity contribution in [3.05, 3.63) is 0 Å². The van der Waals surface area contributed by atoms with E-state index in [-0.39, 0.29) is 5.84 Å². The van der Waals surface area contributed by atoms with Crippen LogP contribution in [-0.4, -0.2) is 50.6 Å². The summed E-state index contributed by atoms with van der Waals surface area (Å²) < 4.78 is 0. The molecule has 0 saturated carbocycles. The standard InChI is InChI=1S/C6H11N3O4/c1-3-8-6(7,13)5(11,12)4(10)9(3)2/h11-13H,7H2,1-2H3. The van der Waals surface area contributed by atoms with E-state index in [0.29, 0.717) is 0 Å². The Bertz CT molecular complexity index is 284. The summed E-state index contributed by atoms with van der Waals surface area (Å²) in [4.78, 5) is 15.4. The maximum Gasteiger partial charge on any atom is 0.311 e. The molecule has 1 rings (SSSR count). The Balaban J connectivity index is 3.25. The molecule has 0 saturated heterocycles. The van der Waals surface area contributed by atoms with Gasteiger partial charge in [0.15, 0.2) is 0 Å². The molecular formula is C6H11N3O4. The second-order valence-corrected chi connectivity index (χ2v) is 2.92. The van der Waals surface area contributed by atoms with Gasteiger partial charge in [0.05, 0.1) is 0 Å². The lowest BCUT2D eigenvalue weighted by molar-refractivity contribution is -0.264. The van der Waals surface area contributed by atoms with Gasteiger partial charge in [-0.1, -0.05) is 0 Å². The zero-order valence-corrected chi connectivity index (χ0v) is 7.22. The van der Waals surface area contributed by atoms with E-state index in [1.807, 2.05) is 0 Å². The Kier molecular flexibility index (Phi) is 1.92. The van der Waals surface area contributed by atoms with Crippen LogP contribution < -0.4 is 5.73 Å². The van der Waals surface area contributed by atoms with Gasteiger partial charge in [-0.05, 0) is 6.92 Å². The van der Waals surface area contributed by atoms with E-state index in [2.05, 4.69) is 4.99 Å². The molecule has 0 aliphatic carbocycles. The highest BCUT2D eigenvalue weighted by atomic mass is 16.5. The van der Waals surface area contributed by atoms with Crippen molar-refractivity contribution in [3.63, 3.8) is 0 Å². The largest absolute Gasteiger partial charge is 0.353 e. The minimum atomic E-state index is -3.08. The smallest absolute Gasteiger partial charge is 0.311 e. The van der Waals surface area contributed by atoms with E-state index in [0.717, 1.165) is 4.90 Å². The third-order valence-electron chi connectivity index (χ3n) is 1.93. The van der Waals surface area contributed by atoms with Gasteiger partial charge in [-0.25, -0.2) is 4.99 Å². The number of carbonyl (C=O) groups excluding carboxylic acids is 1. The van der Waals surface area contributed by atoms with Crippen LogP contribution in [0.5, 0.6) is 0 Å². The zero-order chi connectivity index (χ0) is 10.4. The maximum absolute atomic E-state index is 11.2. The van der Waals surface area contributed by atoms with E-state index in [1.165, 1.54) is 14.0 Å². The lowest BCUT2D eigenvalue weighted by Crippen LogP contribution is -2.70. The topological polar surface area (TPSA) is 119 Å². The Labute approximate surface area is 74.1 Å². The fourth-order valence-electron chi connectivity index (χ4n) is 0.938. The van der Waals surface area contributed by atoms with Gasteiger partial charge in [-0.2, -0.15) is 0 Å². The summed E-state index contributed by atoms with van der Waals surface area (Å²) in [6, 6.07) is 0. The highest BCUT2D eigenvalue weighted by Crippen LogP contribution is 2.23. The average molecular weight is 189 g/mol. The van der Waals surface area contributed by atoms with Gasteiger partial charge in [-0.15, -0.1) is 0 Å². The first kappa shape index (κ1) is 10.1. The number of rotatable bonds is 0. The number of hydrogen-bond acceptors (Lipinski definition) is 6. The van der Waals surface area contributed by atoms with Crippen LogP contribution in [0.1, 0.15) is 6.92 Å². The lowest BCUT2D eigenvalue weighted by atomic mass is 10.1. The highest BCUT2D eigenvalue weighted by Gasteiger charge is 2.57. The molecule has 1 unspecified atom stereocenters. The van der Waals surface area contributed by atoms with Gasteiger partial charge in [0.1, 0.15) is 5.84 Å². The molecular weight excluding hydrogens is 178 g/mol. The first-order chi connectivity index (χ1) is 5.70. The molecule has 0 aromatic rings. The van der Waals surface area contributed by atoms with Crippen LogP contribution in [0.2, 0.25) is 0 Å². The van der Waals surface area contributed by atoms with Crippen LogP contribution in [0.4, 0.5) is 0 Å². The van der Waals surface area contributed by atoms with Crippen molar-refractivity contribution in [3.8, 4) is 0 Å². The summed E-state index contributed by atoms with van der Waals surface area (Å²) >= 11 is 0. The number of likely N-dealkylation sites (N-methyl/N-ethyl adjacent to an activating group) is 1. The van der Waals surface area contributed by atoms with Crippen molar-refractivity contribution in [2.75, 3.05) is 7.05 Å². The van der Waals surface area contributed by atoms with Gasteiger partial charge in [-0.3, -0.25) is 15.4 Å². The second kappa shape index (κ2) is 2.48. The molecule has 0 fully saturated rings. The number of nitrogens with zero attached hydrogens (tertiary/aromatic N) is 2. The van der Waals surface area contributed by atoms with Gasteiger partial charge >= 0.3 is 5.79 Å². The number of aliphatic hydroxyl groups is 3. The van der Waals surface area contributed by atoms with Crippen LogP contribution in [0.3, 0.4) is 0 Å². The van der Waals surface area contributed by atoms with E-state index in [9.17, 15) is 9.90 Å². The van der Waals surface area contributed by atoms with Gasteiger partial charge < -0.3 is 15.3 Å². The second-order valence-electron chi connectivity index (χ2n) is 2.92. The maximum atomic E-state index is 11.2. The van der Waals surface area contributed by atoms with Gasteiger partial charge in [0, 0.05) is 7.05 Å². The predicted molar refractivity (Wildman–Crippen MR) is 42.2 cm³/mol. The molecule has 0 aromatic heterocycles. The van der Waals surface area contributed by atoms with Crippen molar-refractivity contribution in [1.29, 1.82) is 0 Å². The summed E-state index contributed by atoms with van der Waals surface area (Å²) in [5.41, 5.74) is 5.02. The molecule has 1 heterocycles. The quantitative estimate of drug-likeness (QED) is 0.306. The fourth-order valence-corrected chi connectivity index (χ4v) is 0.938. The molecule has 0 aromatic carbocycles. The third-order valence-corrected chi connectivity index (χ3v) is 1.93. The van der Waals surface area contributed by atoms with Crippen molar-refractivity contribution in [2.24, 2.45) is 10.7 Å². The molecule has 7 nitrogen and oxygen atoms in total. The van der Waals surface area contributed by atoms with E-state index in [1.54, 1.807) is 0 Å². The van der Waals surface area contributed by atoms with Crippen molar-refractivity contribution >= 4 is 11.7 Å². The monoisotopic (exact) mass is 189 g/mol. The first-order valence-corrected chi connectivity index (χ1v) is 3.51. The SMILES string of the molecule is CC1=NC(N)(O)C(O)(O)C(=O)N1C. The van der Waals surface area contributed by atoms with Crippen molar-refractivity contribution in [1.82, 2.24) is 4.90 Å². The predicted octanol–water partition coefficient (Wildman–Crippen LogP) is -2.84. The van der Waals surface area contributed by atoms with Crippen molar-refractivity contribution in [2.45, 2.75) is 18.6 Å². The van der Waals surface area contributed by atoms with Crippen LogP contribution >= 0.6 is 0 Å². The minimum Gasteiger partial charge on any atom is -0.353 e. The Morgan fingerprint density at radius 1 is 1.46 bits per heavy atom. The molecule has 1 aliphatic heterocycles. The molecule has 1 aliphatic rings. The molecule has 74 valence electrons. The van der Waals surface area contributed by atoms with Gasteiger partial charge in [0.25, 0.3) is 11.8 Å². The van der Waals surface area contributed by atoms with Crippen molar-refractivity contribution < 1.29 is 20.1 Å². The van der Waals surface area contributed by atoms with Crippen LogP contribution in [0, 0.1) is 0 Å². The molecule has 0 bridgehead atoms. The van der Waals surface area contributed by atoms with Gasteiger partial charge in [0.2, 0.25) is 0 Å². The summed E-state index contributed by atoms with van der Waals surface area (Å²) in [6.45, 7) is 1.41. The molecule has 1 amide bonds. The van der Waals surface area contributed by atoms with Crippen LogP contribution in [0.15, 0.2) is 4.99 Å². The summed E-state index contributed by atoms with van der Waals surface area (Å²) in [5.74, 6) is -6.79. The molecule has 5 N–H and O–H groups in total. The zero-order valence-electron chi connectivity index (χ0n) is 7.22. The Hall–Kier alpha value is -1.02. The third kappa shape index (κ3) is 1.22. The van der Waals surface area contributed by atoms with Crippen LogP contribution in [0.25, 0.3) is 0 Å². The lowest BCUT2D eigenvalue weighted by Gasteiger charge is -2.38. The Morgan fingerprint density at radius 2 is 1.92 bits per heavy atom. The molecule has 13 heavy (non-hydrogen) atoms. The highest BCUT2D eigenvalue weighted by molar-refractivity contribution is 6.02. The normalized spacial score (nSPS) is 33.2. The summed E-state index contributed by atoms with van der Waals surface area (Å²) in [6.07, 6.45) is 0. The molecule has 7 heteroatoms. The minimum absolute atomic E-state index is 0.105. The van der Waals surface area contributed by atoms with E-state index in [4.69, 9.17) is 15.9 Å². The summed E-state index contributed by atoms with van der Waals surface area (Å²) in [7, 11) is 1.29. The van der Waals surface area contributed by atoms with E-state index < -0.39 is 17.5 Å². The summed E-state index contributed by atoms with van der Waals surface area (Å²) in [5, 5.41) is 27.5. The molecule has 0 radical (unpaired) electrons. The Morgan fingerprint density at radius 3 is 2.38 bits per heavy atom. The number of amidine groups is 1. The number of amides is 1. The first-order valence-electron chi connectivity index (χ1n) is 3.51. The van der Waals surface area contributed by atoms with Crippen LogP contribution in [-0.2, 0) is 4.79 Å². The number of carbonyl (C=O) groups is 1. The number of hydrogen-bond donors (Lipinski definition) is 4. The molecule has 1 atom stereocenters. The molecule has 0 spiro atoms. The number of nitrogens with two attached hydrogens (primary N) is 1. The average Bonchev–Trinajstić information content (AvgIpc) is 1.98. The van der Waals surface area contributed by atoms with E-state index >= 15 is 0 Å². The fraction of sp³-hybridized carbons (Fsp3) is 0.667.